The molecule has 2 rings (SSSR count). The number of rotatable bonds is 3. The van der Waals surface area contributed by atoms with Gasteiger partial charge < -0.3 is 9.64 Å². The van der Waals surface area contributed by atoms with Crippen molar-refractivity contribution in [3.05, 3.63) is 35.6 Å². The minimum atomic E-state index is -0.513. The maximum atomic E-state index is 12.9. The predicted molar refractivity (Wildman–Crippen MR) is 61.7 cm³/mol. The second-order valence-corrected chi connectivity index (χ2v) is 4.68. The Morgan fingerprint density at radius 2 is 1.94 bits per heavy atom. The summed E-state index contributed by atoms with van der Waals surface area (Å²) in [6.45, 7) is 0.868. The maximum Gasteiger partial charge on any atom is 0.123 e. The van der Waals surface area contributed by atoms with Crippen LogP contribution >= 0.6 is 0 Å². The Bertz CT molecular complexity index is 432. The van der Waals surface area contributed by atoms with E-state index in [0.29, 0.717) is 13.2 Å². The quantitative estimate of drug-likeness (QED) is 0.802. The number of hydrogen-bond donors (Lipinski definition) is 0. The zero-order valence-corrected chi connectivity index (χ0v) is 9.98. The van der Waals surface area contributed by atoms with Gasteiger partial charge in [0.15, 0.2) is 0 Å². The molecule has 0 spiro atoms. The van der Waals surface area contributed by atoms with Gasteiger partial charge in [0.1, 0.15) is 11.2 Å². The van der Waals surface area contributed by atoms with Crippen molar-refractivity contribution in [3.8, 4) is 6.07 Å². The van der Waals surface area contributed by atoms with Gasteiger partial charge in [-0.3, -0.25) is 0 Å². The maximum absolute atomic E-state index is 12.9. The van der Waals surface area contributed by atoms with Crippen LogP contribution in [0.2, 0.25) is 0 Å². The number of benzene rings is 1. The van der Waals surface area contributed by atoms with Crippen LogP contribution in [0.5, 0.6) is 0 Å². The lowest BCUT2D eigenvalue weighted by molar-refractivity contribution is -0.115. The summed E-state index contributed by atoms with van der Waals surface area (Å²) in [5.41, 5.74) is 0.433. The van der Waals surface area contributed by atoms with Crippen molar-refractivity contribution in [1.29, 1.82) is 5.26 Å². The fourth-order valence-electron chi connectivity index (χ4n) is 2.36. The lowest BCUT2D eigenvalue weighted by Crippen LogP contribution is -2.50. The molecule has 1 fully saturated rings. The Morgan fingerprint density at radius 1 is 1.35 bits per heavy atom. The van der Waals surface area contributed by atoms with E-state index in [1.165, 1.54) is 12.1 Å². The Balaban J connectivity index is 2.36. The molecule has 3 nitrogen and oxygen atoms in total. The minimum absolute atomic E-state index is 0.0677. The number of hydrogen-bond acceptors (Lipinski definition) is 3. The lowest BCUT2D eigenvalue weighted by Gasteiger charge is -2.44. The zero-order valence-electron chi connectivity index (χ0n) is 9.98. The molecule has 0 saturated carbocycles. The van der Waals surface area contributed by atoms with Crippen molar-refractivity contribution >= 4 is 0 Å². The fraction of sp³-hybridized carbons (Fsp3) is 0.462. The molecule has 4 heteroatoms. The van der Waals surface area contributed by atoms with E-state index in [2.05, 4.69) is 6.07 Å². The Morgan fingerprint density at radius 3 is 2.29 bits per heavy atom. The van der Waals surface area contributed by atoms with Gasteiger partial charge in [0.2, 0.25) is 0 Å². The second kappa shape index (κ2) is 4.44. The van der Waals surface area contributed by atoms with Crippen LogP contribution in [-0.4, -0.2) is 32.2 Å². The van der Waals surface area contributed by atoms with E-state index in [1.807, 2.05) is 19.0 Å². The number of nitrogens with zero attached hydrogens (tertiary/aromatic N) is 2. The van der Waals surface area contributed by atoms with Crippen LogP contribution in [0.4, 0.5) is 4.39 Å². The van der Waals surface area contributed by atoms with Crippen LogP contribution in [0.1, 0.15) is 11.6 Å². The Hall–Kier alpha value is -1.44. The summed E-state index contributed by atoms with van der Waals surface area (Å²) in [5.74, 6) is -0.262. The van der Waals surface area contributed by atoms with E-state index in [4.69, 9.17) is 4.74 Å². The van der Waals surface area contributed by atoms with E-state index < -0.39 is 5.41 Å². The fourth-order valence-corrected chi connectivity index (χ4v) is 2.36. The van der Waals surface area contributed by atoms with Crippen LogP contribution in [0.15, 0.2) is 24.3 Å². The van der Waals surface area contributed by atoms with E-state index in [9.17, 15) is 9.65 Å². The molecule has 1 atom stereocenters. The summed E-state index contributed by atoms with van der Waals surface area (Å²) in [4.78, 5) is 1.99. The van der Waals surface area contributed by atoms with Crippen molar-refractivity contribution < 1.29 is 9.13 Å². The first-order valence-electron chi connectivity index (χ1n) is 5.50. The van der Waals surface area contributed by atoms with Crippen LogP contribution in [-0.2, 0) is 4.74 Å². The number of halogens is 1. The minimum Gasteiger partial charge on any atom is -0.378 e. The molecular formula is C13H15FN2O. The van der Waals surface area contributed by atoms with Gasteiger partial charge in [-0.15, -0.1) is 0 Å². The van der Waals surface area contributed by atoms with Crippen molar-refractivity contribution in [2.45, 2.75) is 6.04 Å². The van der Waals surface area contributed by atoms with Gasteiger partial charge in [-0.05, 0) is 31.8 Å². The van der Waals surface area contributed by atoms with Crippen LogP contribution < -0.4 is 0 Å². The standard InChI is InChI=1S/C13H15FN2O/c1-16(2)12(13(7-15)8-17-9-13)10-3-5-11(14)6-4-10/h3-6,12H,8-9H2,1-2H3. The van der Waals surface area contributed by atoms with Crippen LogP contribution in [0.3, 0.4) is 0 Å². The summed E-state index contributed by atoms with van der Waals surface area (Å²) < 4.78 is 18.1. The molecule has 1 saturated heterocycles. The SMILES string of the molecule is CN(C)C(c1ccc(F)cc1)C1(C#N)COC1. The topological polar surface area (TPSA) is 36.3 Å². The molecule has 0 aromatic heterocycles. The van der Waals surface area contributed by atoms with Gasteiger partial charge in [-0.25, -0.2) is 4.39 Å². The molecule has 1 aromatic carbocycles. The van der Waals surface area contributed by atoms with Gasteiger partial charge in [-0.2, -0.15) is 5.26 Å². The summed E-state index contributed by atoms with van der Waals surface area (Å²) in [6.07, 6.45) is 0. The van der Waals surface area contributed by atoms with Crippen molar-refractivity contribution in [2.75, 3.05) is 27.3 Å². The average molecular weight is 234 g/mol. The molecule has 0 aliphatic carbocycles. The molecule has 0 radical (unpaired) electrons. The highest BCUT2D eigenvalue weighted by atomic mass is 19.1. The highest BCUT2D eigenvalue weighted by Crippen LogP contribution is 2.42. The average Bonchev–Trinajstić information content (AvgIpc) is 2.24. The van der Waals surface area contributed by atoms with Gasteiger partial charge in [0, 0.05) is 0 Å². The largest absolute Gasteiger partial charge is 0.378 e. The Labute approximate surface area is 100 Å². The molecular weight excluding hydrogens is 219 g/mol. The number of nitriles is 1. The number of ether oxygens (including phenoxy) is 1. The third-order valence-corrected chi connectivity index (χ3v) is 3.17. The molecule has 17 heavy (non-hydrogen) atoms. The monoisotopic (exact) mass is 234 g/mol. The highest BCUT2D eigenvalue weighted by molar-refractivity contribution is 5.27. The second-order valence-electron chi connectivity index (χ2n) is 4.68. The van der Waals surface area contributed by atoms with E-state index in [0.717, 1.165) is 5.56 Å². The summed E-state index contributed by atoms with van der Waals surface area (Å²) in [5, 5.41) is 9.34. The first-order chi connectivity index (χ1) is 8.09. The Kier molecular flexibility index (Phi) is 3.14. The molecule has 0 amide bonds. The van der Waals surface area contributed by atoms with Gasteiger partial charge >= 0.3 is 0 Å². The predicted octanol–water partition coefficient (Wildman–Crippen LogP) is 1.97. The molecule has 1 aromatic rings. The molecule has 0 N–H and O–H groups in total. The summed E-state index contributed by atoms with van der Waals surface area (Å²) >= 11 is 0. The van der Waals surface area contributed by atoms with Gasteiger partial charge in [0.05, 0.1) is 25.3 Å². The first-order valence-corrected chi connectivity index (χ1v) is 5.50. The van der Waals surface area contributed by atoms with E-state index >= 15 is 0 Å². The van der Waals surface area contributed by atoms with E-state index in [1.54, 1.807) is 12.1 Å². The van der Waals surface area contributed by atoms with Crippen molar-refractivity contribution in [1.82, 2.24) is 4.90 Å². The molecule has 1 aliphatic heterocycles. The summed E-state index contributed by atoms with van der Waals surface area (Å²) in [7, 11) is 3.84. The zero-order chi connectivity index (χ0) is 12.5. The summed E-state index contributed by atoms with van der Waals surface area (Å²) in [6, 6.07) is 8.60. The molecule has 1 unspecified atom stereocenters. The molecule has 1 heterocycles. The third-order valence-electron chi connectivity index (χ3n) is 3.17. The van der Waals surface area contributed by atoms with Gasteiger partial charge in [-0.1, -0.05) is 12.1 Å². The smallest absolute Gasteiger partial charge is 0.123 e. The third kappa shape index (κ3) is 2.04. The van der Waals surface area contributed by atoms with Crippen molar-refractivity contribution in [2.24, 2.45) is 5.41 Å². The molecule has 0 bridgehead atoms. The van der Waals surface area contributed by atoms with Crippen LogP contribution in [0, 0.1) is 22.6 Å². The van der Waals surface area contributed by atoms with E-state index in [-0.39, 0.29) is 11.9 Å². The molecule has 90 valence electrons. The van der Waals surface area contributed by atoms with Gasteiger partial charge in [0.25, 0.3) is 0 Å². The highest BCUT2D eigenvalue weighted by Gasteiger charge is 2.48. The normalized spacial score (nSPS) is 19.5. The lowest BCUT2D eigenvalue weighted by atomic mass is 9.76. The molecule has 1 aliphatic rings. The first kappa shape index (κ1) is 12.0. The van der Waals surface area contributed by atoms with Crippen molar-refractivity contribution in [3.63, 3.8) is 0 Å². The van der Waals surface area contributed by atoms with Crippen LogP contribution in [0.25, 0.3) is 0 Å².